The van der Waals surface area contributed by atoms with Crippen molar-refractivity contribution in [2.45, 2.75) is 50.7 Å². The smallest absolute Gasteiger partial charge is 0.290 e. The summed E-state index contributed by atoms with van der Waals surface area (Å²) in [7, 11) is 4.34. The number of carboxylic acid groups (broad SMARTS) is 1. The molecular weight excluding hydrogens is 372 g/mol. The Morgan fingerprint density at radius 2 is 2.03 bits per heavy atom. The van der Waals surface area contributed by atoms with E-state index in [4.69, 9.17) is 14.6 Å². The van der Waals surface area contributed by atoms with E-state index in [9.17, 15) is 4.79 Å². The van der Waals surface area contributed by atoms with Gasteiger partial charge in [0.15, 0.2) is 0 Å². The van der Waals surface area contributed by atoms with Crippen LogP contribution < -0.4 is 0 Å². The Balaban J connectivity index is 0.000000755. The summed E-state index contributed by atoms with van der Waals surface area (Å²) in [4.78, 5) is 25.5. The molecule has 0 radical (unpaired) electrons. The van der Waals surface area contributed by atoms with Gasteiger partial charge >= 0.3 is 0 Å². The number of likely N-dealkylation sites (N-methyl/N-ethyl adjacent to an activating group) is 1. The molecule has 8 heteroatoms. The predicted molar refractivity (Wildman–Crippen MR) is 108 cm³/mol. The lowest BCUT2D eigenvalue weighted by molar-refractivity contribution is -0.130. The molecule has 162 valence electrons. The van der Waals surface area contributed by atoms with Crippen molar-refractivity contribution in [3.8, 4) is 0 Å². The predicted octanol–water partition coefficient (Wildman–Crippen LogP) is 1.64. The maximum Gasteiger partial charge on any atom is 0.290 e. The maximum absolute atomic E-state index is 12.7. The second-order valence-electron chi connectivity index (χ2n) is 8.85. The Hall–Kier alpha value is -1.93. The van der Waals surface area contributed by atoms with Gasteiger partial charge in [0.05, 0.1) is 12.3 Å². The fraction of sp³-hybridized carbons (Fsp3) is 0.762. The number of carbonyl (C=O) groups is 2. The lowest BCUT2D eigenvalue weighted by Gasteiger charge is -2.41. The molecule has 2 N–H and O–H groups in total. The largest absolute Gasteiger partial charge is 0.483 e. The average molecular weight is 407 g/mol. The molecule has 0 unspecified atom stereocenters. The van der Waals surface area contributed by atoms with Crippen molar-refractivity contribution in [2.75, 3.05) is 33.8 Å². The van der Waals surface area contributed by atoms with Gasteiger partial charge in [-0.1, -0.05) is 0 Å². The molecule has 1 aliphatic heterocycles. The Morgan fingerprint density at radius 1 is 1.34 bits per heavy atom. The van der Waals surface area contributed by atoms with Crippen LogP contribution in [-0.4, -0.2) is 83.4 Å². The van der Waals surface area contributed by atoms with E-state index in [-0.39, 0.29) is 12.4 Å². The summed E-state index contributed by atoms with van der Waals surface area (Å²) in [6.07, 6.45) is 10.3. The van der Waals surface area contributed by atoms with Gasteiger partial charge in [0.1, 0.15) is 0 Å². The highest BCUT2D eigenvalue weighted by atomic mass is 16.5. The van der Waals surface area contributed by atoms with Crippen LogP contribution >= 0.6 is 0 Å². The lowest BCUT2D eigenvalue weighted by Crippen LogP contribution is -2.48. The minimum Gasteiger partial charge on any atom is -0.483 e. The standard InChI is InChI=1S/C20H32N4O2.CH2O2/c1-23(2)18-7-16-11-24(20(25)6-5-15-9-21-22-10-15)12-17(16)8-19(18)26-13-14-3-4-14;2-1-3/h9-10,14,16-19H,3-8,11-13H2,1-2H3,(H,21,22);1H,(H,2,3)/t16-,17+,18-,19-;/m1./s1. The summed E-state index contributed by atoms with van der Waals surface area (Å²) in [5.41, 5.74) is 1.11. The van der Waals surface area contributed by atoms with Crippen molar-refractivity contribution in [3.63, 3.8) is 0 Å². The van der Waals surface area contributed by atoms with E-state index in [1.54, 1.807) is 6.20 Å². The molecular formula is C21H34N4O4. The summed E-state index contributed by atoms with van der Waals surface area (Å²) in [6.45, 7) is 2.52. The van der Waals surface area contributed by atoms with E-state index in [1.165, 1.54) is 12.8 Å². The minimum absolute atomic E-state index is 0.250. The van der Waals surface area contributed by atoms with Crippen LogP contribution in [0.1, 0.15) is 37.7 Å². The van der Waals surface area contributed by atoms with Gasteiger partial charge in [0.2, 0.25) is 5.91 Å². The summed E-state index contributed by atoms with van der Waals surface area (Å²) < 4.78 is 6.33. The fourth-order valence-corrected chi connectivity index (χ4v) is 4.68. The van der Waals surface area contributed by atoms with Crippen molar-refractivity contribution >= 4 is 12.4 Å². The molecule has 3 aliphatic rings. The number of rotatable bonds is 7. The van der Waals surface area contributed by atoms with Crippen LogP contribution in [0.4, 0.5) is 0 Å². The van der Waals surface area contributed by atoms with E-state index in [0.717, 1.165) is 50.4 Å². The number of aryl methyl sites for hydroxylation is 1. The Kier molecular flexibility index (Phi) is 7.66. The zero-order chi connectivity index (χ0) is 20.8. The molecule has 2 saturated carbocycles. The number of hydrogen-bond acceptors (Lipinski definition) is 5. The minimum atomic E-state index is -0.250. The van der Waals surface area contributed by atoms with E-state index in [1.807, 2.05) is 6.20 Å². The van der Waals surface area contributed by atoms with E-state index < -0.39 is 0 Å². The van der Waals surface area contributed by atoms with Crippen LogP contribution in [0, 0.1) is 17.8 Å². The third kappa shape index (κ3) is 6.02. The average Bonchev–Trinajstić information content (AvgIpc) is 3.20. The number of carbonyl (C=O) groups excluding carboxylic acids is 1. The topological polar surface area (TPSA) is 98.8 Å². The molecule has 29 heavy (non-hydrogen) atoms. The summed E-state index contributed by atoms with van der Waals surface area (Å²) >= 11 is 0. The molecule has 1 aromatic rings. The van der Waals surface area contributed by atoms with Crippen LogP contribution in [0.15, 0.2) is 12.4 Å². The number of likely N-dealkylation sites (tertiary alicyclic amines) is 1. The number of nitrogens with one attached hydrogen (secondary N) is 1. The Bertz CT molecular complexity index is 647. The van der Waals surface area contributed by atoms with Crippen LogP contribution in [0.2, 0.25) is 0 Å². The first kappa shape index (κ1) is 21.8. The molecule has 0 spiro atoms. The van der Waals surface area contributed by atoms with Crippen molar-refractivity contribution in [1.82, 2.24) is 20.0 Å². The molecule has 4 atom stereocenters. The second-order valence-corrected chi connectivity index (χ2v) is 8.85. The molecule has 1 aromatic heterocycles. The van der Waals surface area contributed by atoms with E-state index >= 15 is 0 Å². The number of fused-ring (bicyclic) bond motifs is 1. The number of ether oxygens (including phenoxy) is 1. The van der Waals surface area contributed by atoms with Crippen LogP contribution in [0.25, 0.3) is 0 Å². The number of hydrogen-bond donors (Lipinski definition) is 2. The molecule has 1 saturated heterocycles. The van der Waals surface area contributed by atoms with Crippen LogP contribution in [0.3, 0.4) is 0 Å². The highest BCUT2D eigenvalue weighted by Gasteiger charge is 2.44. The summed E-state index contributed by atoms with van der Waals surface area (Å²) in [5.74, 6) is 2.33. The van der Waals surface area contributed by atoms with Gasteiger partial charge in [0.25, 0.3) is 6.47 Å². The quantitative estimate of drug-likeness (QED) is 0.668. The van der Waals surface area contributed by atoms with Crippen LogP contribution in [0.5, 0.6) is 0 Å². The van der Waals surface area contributed by atoms with Gasteiger partial charge in [-0.3, -0.25) is 14.7 Å². The van der Waals surface area contributed by atoms with Crippen LogP contribution in [-0.2, 0) is 20.7 Å². The molecule has 0 aromatic carbocycles. The summed E-state index contributed by atoms with van der Waals surface area (Å²) in [6, 6.07) is 0.482. The second kappa shape index (κ2) is 10.2. The number of H-pyrrole nitrogens is 1. The van der Waals surface area contributed by atoms with Gasteiger partial charge in [0, 0.05) is 38.4 Å². The van der Waals surface area contributed by atoms with Gasteiger partial charge in [-0.05, 0) is 69.5 Å². The first-order valence-corrected chi connectivity index (χ1v) is 10.6. The molecule has 3 fully saturated rings. The first-order chi connectivity index (χ1) is 14.0. The fourth-order valence-electron chi connectivity index (χ4n) is 4.68. The lowest BCUT2D eigenvalue weighted by atomic mass is 9.77. The third-order valence-electron chi connectivity index (χ3n) is 6.53. The Morgan fingerprint density at radius 3 is 2.62 bits per heavy atom. The highest BCUT2D eigenvalue weighted by Crippen LogP contribution is 2.40. The van der Waals surface area contributed by atoms with Gasteiger partial charge < -0.3 is 19.6 Å². The third-order valence-corrected chi connectivity index (χ3v) is 6.53. The van der Waals surface area contributed by atoms with Crippen molar-refractivity contribution in [1.29, 1.82) is 0 Å². The molecule has 0 bridgehead atoms. The van der Waals surface area contributed by atoms with E-state index in [0.29, 0.717) is 30.4 Å². The molecule has 2 aliphatic carbocycles. The van der Waals surface area contributed by atoms with Crippen molar-refractivity contribution < 1.29 is 19.4 Å². The zero-order valence-corrected chi connectivity index (χ0v) is 17.5. The SMILES string of the molecule is CN(C)[C@@H]1C[C@@H]2CN(C(=O)CCc3cn[nH]c3)C[C@@H]2C[C@H]1OCC1CC1.O=CO. The highest BCUT2D eigenvalue weighted by molar-refractivity contribution is 5.76. The monoisotopic (exact) mass is 406 g/mol. The first-order valence-electron chi connectivity index (χ1n) is 10.6. The molecule has 4 rings (SSSR count). The zero-order valence-electron chi connectivity index (χ0n) is 17.5. The maximum atomic E-state index is 12.7. The molecule has 1 amide bonds. The molecule has 2 heterocycles. The number of nitrogens with zero attached hydrogens (tertiary/aromatic N) is 3. The van der Waals surface area contributed by atoms with Gasteiger partial charge in [-0.25, -0.2) is 0 Å². The normalized spacial score (nSPS) is 28.6. The Labute approximate surface area is 172 Å². The number of aromatic amines is 1. The summed E-state index contributed by atoms with van der Waals surface area (Å²) in [5, 5.41) is 13.7. The van der Waals surface area contributed by atoms with Gasteiger partial charge in [-0.15, -0.1) is 0 Å². The molecule has 8 nitrogen and oxygen atoms in total. The van der Waals surface area contributed by atoms with Gasteiger partial charge in [-0.2, -0.15) is 5.10 Å². The van der Waals surface area contributed by atoms with Crippen molar-refractivity contribution in [2.24, 2.45) is 17.8 Å². The van der Waals surface area contributed by atoms with E-state index in [2.05, 4.69) is 34.1 Å². The number of amides is 1. The van der Waals surface area contributed by atoms with Crippen molar-refractivity contribution in [3.05, 3.63) is 18.0 Å². The number of aromatic nitrogens is 2.